The molecule has 1 heterocycles. The molecule has 0 aliphatic carbocycles. The summed E-state index contributed by atoms with van der Waals surface area (Å²) in [6.45, 7) is 15.4. The van der Waals surface area contributed by atoms with Crippen molar-refractivity contribution in [3.05, 3.63) is 48.6 Å². The van der Waals surface area contributed by atoms with Crippen molar-refractivity contribution in [2.45, 2.75) is 70.4 Å². The molecule has 0 unspecified atom stereocenters. The highest BCUT2D eigenvalue weighted by molar-refractivity contribution is 6.74. The van der Waals surface area contributed by atoms with Crippen molar-refractivity contribution in [3.63, 3.8) is 0 Å². The van der Waals surface area contributed by atoms with Gasteiger partial charge in [-0.3, -0.25) is 0 Å². The van der Waals surface area contributed by atoms with Gasteiger partial charge < -0.3 is 9.16 Å². The molecule has 1 aromatic carbocycles. The Morgan fingerprint density at radius 2 is 2.00 bits per heavy atom. The van der Waals surface area contributed by atoms with Gasteiger partial charge in [-0.1, -0.05) is 51.1 Å². The number of fused-ring (bicyclic) bond motifs is 1. The minimum atomic E-state index is -1.74. The maximum atomic E-state index is 6.46. The van der Waals surface area contributed by atoms with Crippen LogP contribution in [-0.2, 0) is 4.43 Å². The van der Waals surface area contributed by atoms with Gasteiger partial charge in [-0.15, -0.1) is 6.58 Å². The molecule has 132 valence electrons. The largest absolute Gasteiger partial charge is 0.486 e. The number of hydrogen-bond acceptors (Lipinski definition) is 2. The van der Waals surface area contributed by atoms with Gasteiger partial charge in [0.1, 0.15) is 11.9 Å². The van der Waals surface area contributed by atoms with Gasteiger partial charge in [0, 0.05) is 5.56 Å². The molecule has 0 saturated heterocycles. The summed E-state index contributed by atoms with van der Waals surface area (Å²) < 4.78 is 12.5. The summed E-state index contributed by atoms with van der Waals surface area (Å²) in [4.78, 5) is 0. The Morgan fingerprint density at radius 1 is 1.29 bits per heavy atom. The fraction of sp³-hybridized carbons (Fsp3) is 0.524. The van der Waals surface area contributed by atoms with Crippen LogP contribution in [0.5, 0.6) is 5.75 Å². The molecule has 0 saturated carbocycles. The smallest absolute Gasteiger partial charge is 0.192 e. The van der Waals surface area contributed by atoms with Crippen LogP contribution in [0.3, 0.4) is 0 Å². The first-order chi connectivity index (χ1) is 11.2. The van der Waals surface area contributed by atoms with Crippen LogP contribution in [0.25, 0.3) is 6.08 Å². The molecule has 0 aromatic heterocycles. The monoisotopic (exact) mass is 344 g/mol. The van der Waals surface area contributed by atoms with Crippen LogP contribution in [0.4, 0.5) is 0 Å². The lowest BCUT2D eigenvalue weighted by molar-refractivity contribution is 0.193. The van der Waals surface area contributed by atoms with Crippen LogP contribution in [0.15, 0.2) is 43.0 Å². The quantitative estimate of drug-likeness (QED) is 0.432. The average molecular weight is 345 g/mol. The summed E-state index contributed by atoms with van der Waals surface area (Å²) in [5, 5.41) is 0.229. The Hall–Kier alpha value is -1.32. The predicted octanol–water partition coefficient (Wildman–Crippen LogP) is 6.21. The molecule has 1 aromatic rings. The van der Waals surface area contributed by atoms with Crippen LogP contribution in [-0.4, -0.2) is 20.5 Å². The lowest BCUT2D eigenvalue weighted by atomic mass is 10.0. The molecule has 0 radical (unpaired) electrons. The van der Waals surface area contributed by atoms with Crippen molar-refractivity contribution < 1.29 is 9.16 Å². The third kappa shape index (κ3) is 4.84. The highest BCUT2D eigenvalue weighted by Crippen LogP contribution is 2.38. The first-order valence-corrected chi connectivity index (χ1v) is 11.9. The normalized spacial score (nSPS) is 18.6. The third-order valence-electron chi connectivity index (χ3n) is 5.18. The molecule has 0 amide bonds. The van der Waals surface area contributed by atoms with Gasteiger partial charge in [0.05, 0.1) is 6.10 Å². The maximum Gasteiger partial charge on any atom is 0.192 e. The van der Waals surface area contributed by atoms with Gasteiger partial charge in [0.15, 0.2) is 8.32 Å². The van der Waals surface area contributed by atoms with E-state index in [2.05, 4.69) is 58.7 Å². The van der Waals surface area contributed by atoms with Gasteiger partial charge in [0.25, 0.3) is 0 Å². The molecule has 0 N–H and O–H groups in total. The molecule has 1 aliphatic heterocycles. The van der Waals surface area contributed by atoms with E-state index >= 15 is 0 Å². The Kier molecular flexibility index (Phi) is 6.10. The molecule has 2 atom stereocenters. The van der Waals surface area contributed by atoms with Crippen LogP contribution >= 0.6 is 0 Å². The fourth-order valence-electron chi connectivity index (χ4n) is 2.59. The van der Waals surface area contributed by atoms with Crippen LogP contribution in [0, 0.1) is 0 Å². The van der Waals surface area contributed by atoms with Crippen molar-refractivity contribution in [1.82, 2.24) is 0 Å². The number of ether oxygens (including phenoxy) is 1. The van der Waals surface area contributed by atoms with Crippen LogP contribution in [0.1, 0.15) is 45.6 Å². The molecule has 3 heteroatoms. The summed E-state index contributed by atoms with van der Waals surface area (Å²) in [5.74, 6) is 0.989. The molecule has 2 nitrogen and oxygen atoms in total. The van der Waals surface area contributed by atoms with E-state index in [9.17, 15) is 0 Å². The van der Waals surface area contributed by atoms with E-state index in [-0.39, 0.29) is 17.2 Å². The minimum Gasteiger partial charge on any atom is -0.486 e. The molecule has 24 heavy (non-hydrogen) atoms. The maximum absolute atomic E-state index is 6.46. The second-order valence-electron chi connectivity index (χ2n) is 8.14. The fourth-order valence-corrected chi connectivity index (χ4v) is 3.92. The number of hydrogen-bond donors (Lipinski definition) is 0. The number of rotatable bonds is 7. The summed E-state index contributed by atoms with van der Waals surface area (Å²) in [7, 11) is -1.74. The molecule has 0 spiro atoms. The predicted molar refractivity (Wildman–Crippen MR) is 106 cm³/mol. The Morgan fingerprint density at radius 3 is 2.67 bits per heavy atom. The highest BCUT2D eigenvalue weighted by Gasteiger charge is 2.38. The van der Waals surface area contributed by atoms with Crippen molar-refractivity contribution in [1.29, 1.82) is 0 Å². The zero-order valence-corrected chi connectivity index (χ0v) is 16.8. The Balaban J connectivity index is 1.82. The van der Waals surface area contributed by atoms with E-state index in [1.54, 1.807) is 0 Å². The lowest BCUT2D eigenvalue weighted by Crippen LogP contribution is -2.43. The average Bonchev–Trinajstić information content (AvgIpc) is 2.52. The van der Waals surface area contributed by atoms with E-state index in [1.807, 2.05) is 24.3 Å². The van der Waals surface area contributed by atoms with E-state index < -0.39 is 8.32 Å². The summed E-state index contributed by atoms with van der Waals surface area (Å²) >= 11 is 0. The van der Waals surface area contributed by atoms with E-state index in [4.69, 9.17) is 9.16 Å². The minimum absolute atomic E-state index is 0.144. The standard InChI is InChI=1S/C21H32O2Si/c1-7-18(23-24(5,6)21(2,3)4)12-10-13-19-16-15-17-11-8-9-14-20(17)22-19/h7-9,11,14-16,18-19H,1,10,12-13H2,2-6H3/t18-,19+/m1/s1. The van der Waals surface area contributed by atoms with Gasteiger partial charge in [0.2, 0.25) is 0 Å². The topological polar surface area (TPSA) is 18.5 Å². The Labute approximate surface area is 148 Å². The first kappa shape index (κ1) is 19.0. The zero-order valence-electron chi connectivity index (χ0n) is 15.8. The summed E-state index contributed by atoms with van der Waals surface area (Å²) in [5.41, 5.74) is 1.17. The molecular weight excluding hydrogens is 312 g/mol. The SMILES string of the molecule is C=C[C@H](CCC[C@H]1C=Cc2ccccc2O1)O[Si](C)(C)C(C)(C)C. The van der Waals surface area contributed by atoms with Crippen molar-refractivity contribution >= 4 is 14.4 Å². The molecule has 1 aliphatic rings. The van der Waals surface area contributed by atoms with Gasteiger partial charge in [-0.05, 0) is 49.5 Å². The van der Waals surface area contributed by atoms with Gasteiger partial charge in [-0.25, -0.2) is 0 Å². The van der Waals surface area contributed by atoms with Crippen molar-refractivity contribution in [3.8, 4) is 5.75 Å². The lowest BCUT2D eigenvalue weighted by Gasteiger charge is -2.38. The van der Waals surface area contributed by atoms with Crippen LogP contribution < -0.4 is 4.74 Å². The second-order valence-corrected chi connectivity index (χ2v) is 12.9. The van der Waals surface area contributed by atoms with Gasteiger partial charge >= 0.3 is 0 Å². The van der Waals surface area contributed by atoms with E-state index in [0.717, 1.165) is 25.0 Å². The second kappa shape index (κ2) is 7.71. The molecule has 0 fully saturated rings. The number of para-hydroxylation sites is 1. The molecule has 2 rings (SSSR count). The first-order valence-electron chi connectivity index (χ1n) is 8.97. The number of benzene rings is 1. The van der Waals surface area contributed by atoms with Gasteiger partial charge in [-0.2, -0.15) is 0 Å². The van der Waals surface area contributed by atoms with Crippen molar-refractivity contribution in [2.24, 2.45) is 0 Å². The highest BCUT2D eigenvalue weighted by atomic mass is 28.4. The van der Waals surface area contributed by atoms with Crippen molar-refractivity contribution in [2.75, 3.05) is 0 Å². The summed E-state index contributed by atoms with van der Waals surface area (Å²) in [6.07, 6.45) is 9.70. The Bertz CT molecular complexity index is 584. The van der Waals surface area contributed by atoms with E-state index in [1.165, 1.54) is 5.56 Å². The summed E-state index contributed by atoms with van der Waals surface area (Å²) in [6, 6.07) is 8.19. The van der Waals surface area contributed by atoms with Crippen LogP contribution in [0.2, 0.25) is 18.1 Å². The molecular formula is C21H32O2Si. The molecule has 0 bridgehead atoms. The third-order valence-corrected chi connectivity index (χ3v) is 9.68. The van der Waals surface area contributed by atoms with E-state index in [0.29, 0.717) is 0 Å². The zero-order chi connectivity index (χ0) is 17.8.